The summed E-state index contributed by atoms with van der Waals surface area (Å²) in [6.45, 7) is 0.542. The molecule has 0 atom stereocenters. The average molecular weight is 293 g/mol. The zero-order valence-electron chi connectivity index (χ0n) is 10.1. The lowest BCUT2D eigenvalue weighted by Crippen LogP contribution is -2.27. The van der Waals surface area contributed by atoms with Crippen LogP contribution in [0.3, 0.4) is 0 Å². The minimum Gasteiger partial charge on any atom is -0.508 e. The van der Waals surface area contributed by atoms with Crippen molar-refractivity contribution < 1.29 is 5.11 Å². The number of phenols is 1. The Kier molecular flexibility index (Phi) is 4.60. The van der Waals surface area contributed by atoms with Gasteiger partial charge in [0.1, 0.15) is 5.75 Å². The summed E-state index contributed by atoms with van der Waals surface area (Å²) < 4.78 is 0. The number of hydrogen-bond acceptors (Lipinski definition) is 2. The second-order valence-corrected chi connectivity index (χ2v) is 4.83. The van der Waals surface area contributed by atoms with Crippen molar-refractivity contribution in [3.05, 3.63) is 59.1 Å². The average Bonchev–Trinajstić information content (AvgIpc) is 2.36. The van der Waals surface area contributed by atoms with E-state index in [1.165, 1.54) is 0 Å². The van der Waals surface area contributed by atoms with Crippen molar-refractivity contribution in [2.24, 2.45) is 0 Å². The molecule has 0 unspecified atom stereocenters. The molecule has 5 heteroatoms. The van der Waals surface area contributed by atoms with Crippen molar-refractivity contribution in [3.63, 3.8) is 0 Å². The van der Waals surface area contributed by atoms with Crippen molar-refractivity contribution in [1.29, 1.82) is 0 Å². The van der Waals surface area contributed by atoms with Crippen LogP contribution in [0.2, 0.25) is 5.02 Å². The fraction of sp³-hybridized carbons (Fsp3) is 0.0714. The van der Waals surface area contributed by atoms with Crippen LogP contribution in [0.5, 0.6) is 5.75 Å². The molecular weight excluding hydrogens is 280 g/mol. The molecule has 0 spiro atoms. The van der Waals surface area contributed by atoms with Crippen molar-refractivity contribution in [1.82, 2.24) is 5.32 Å². The number of aromatic hydroxyl groups is 1. The van der Waals surface area contributed by atoms with Gasteiger partial charge < -0.3 is 15.7 Å². The molecular formula is C14H13ClN2OS. The van der Waals surface area contributed by atoms with Gasteiger partial charge in [-0.2, -0.15) is 0 Å². The van der Waals surface area contributed by atoms with Crippen LogP contribution in [0.15, 0.2) is 48.5 Å². The maximum Gasteiger partial charge on any atom is 0.171 e. The molecule has 2 rings (SSSR count). The quantitative estimate of drug-likeness (QED) is 0.757. The molecule has 3 nitrogen and oxygen atoms in total. The lowest BCUT2D eigenvalue weighted by atomic mass is 10.2. The molecule has 0 aliphatic heterocycles. The van der Waals surface area contributed by atoms with E-state index in [2.05, 4.69) is 10.6 Å². The monoisotopic (exact) mass is 292 g/mol. The SMILES string of the molecule is Oc1cccc(CNC(=S)Nc2cccc(Cl)c2)c1. The normalized spacial score (nSPS) is 9.95. The predicted octanol–water partition coefficient (Wildman–Crippen LogP) is 3.53. The maximum absolute atomic E-state index is 9.35. The standard InChI is InChI=1S/C14H13ClN2OS/c15-11-4-2-5-12(8-11)17-14(19)16-9-10-3-1-6-13(18)7-10/h1-8,18H,9H2,(H2,16,17,19). The number of phenolic OH excluding ortho intramolecular Hbond substituents is 1. The second kappa shape index (κ2) is 6.41. The van der Waals surface area contributed by atoms with Crippen LogP contribution in [-0.2, 0) is 6.54 Å². The lowest BCUT2D eigenvalue weighted by Gasteiger charge is -2.11. The van der Waals surface area contributed by atoms with Crippen LogP contribution >= 0.6 is 23.8 Å². The summed E-state index contributed by atoms with van der Waals surface area (Å²) in [6.07, 6.45) is 0. The van der Waals surface area contributed by atoms with E-state index in [-0.39, 0.29) is 5.75 Å². The molecule has 0 saturated carbocycles. The number of anilines is 1. The van der Waals surface area contributed by atoms with Crippen molar-refractivity contribution >= 4 is 34.6 Å². The number of benzene rings is 2. The fourth-order valence-electron chi connectivity index (χ4n) is 1.59. The highest BCUT2D eigenvalue weighted by atomic mass is 35.5. The van der Waals surface area contributed by atoms with E-state index in [1.54, 1.807) is 30.3 Å². The Balaban J connectivity index is 1.88. The number of hydrogen-bond donors (Lipinski definition) is 3. The van der Waals surface area contributed by atoms with Gasteiger partial charge >= 0.3 is 0 Å². The summed E-state index contributed by atoms with van der Waals surface area (Å²) in [6, 6.07) is 14.4. The third-order valence-corrected chi connectivity index (χ3v) is 2.93. The molecule has 0 radical (unpaired) electrons. The third-order valence-electron chi connectivity index (χ3n) is 2.45. The molecule has 0 aromatic heterocycles. The molecule has 98 valence electrons. The zero-order chi connectivity index (χ0) is 13.7. The first-order valence-electron chi connectivity index (χ1n) is 5.72. The minimum absolute atomic E-state index is 0.244. The van der Waals surface area contributed by atoms with E-state index in [4.69, 9.17) is 23.8 Å². The van der Waals surface area contributed by atoms with Crippen LogP contribution in [0.4, 0.5) is 5.69 Å². The Morgan fingerprint density at radius 2 is 1.95 bits per heavy atom. The molecule has 0 amide bonds. The molecule has 0 aliphatic rings. The molecule has 0 saturated heterocycles. The molecule has 19 heavy (non-hydrogen) atoms. The van der Waals surface area contributed by atoms with Gasteiger partial charge in [0.25, 0.3) is 0 Å². The van der Waals surface area contributed by atoms with E-state index >= 15 is 0 Å². The Morgan fingerprint density at radius 1 is 1.16 bits per heavy atom. The summed E-state index contributed by atoms with van der Waals surface area (Å²) >= 11 is 11.1. The van der Waals surface area contributed by atoms with Crippen LogP contribution < -0.4 is 10.6 Å². The smallest absolute Gasteiger partial charge is 0.171 e. The Labute approximate surface area is 122 Å². The lowest BCUT2D eigenvalue weighted by molar-refractivity contribution is 0.474. The van der Waals surface area contributed by atoms with Crippen molar-refractivity contribution in [2.45, 2.75) is 6.54 Å². The van der Waals surface area contributed by atoms with Crippen LogP contribution in [-0.4, -0.2) is 10.2 Å². The Bertz CT molecular complexity index is 589. The Morgan fingerprint density at radius 3 is 2.68 bits per heavy atom. The van der Waals surface area contributed by atoms with Crippen molar-refractivity contribution in [2.75, 3.05) is 5.32 Å². The highest BCUT2D eigenvalue weighted by Crippen LogP contribution is 2.15. The molecule has 0 bridgehead atoms. The van der Waals surface area contributed by atoms with Gasteiger partial charge in [0.05, 0.1) is 0 Å². The Hall–Kier alpha value is -1.78. The topological polar surface area (TPSA) is 44.3 Å². The van der Waals surface area contributed by atoms with E-state index in [0.717, 1.165) is 11.3 Å². The maximum atomic E-state index is 9.35. The molecule has 3 N–H and O–H groups in total. The fourth-order valence-corrected chi connectivity index (χ4v) is 1.97. The third kappa shape index (κ3) is 4.43. The summed E-state index contributed by atoms with van der Waals surface area (Å²) in [5.74, 6) is 0.244. The first kappa shape index (κ1) is 13.6. The summed E-state index contributed by atoms with van der Waals surface area (Å²) in [5, 5.41) is 16.6. The van der Waals surface area contributed by atoms with Gasteiger partial charge in [0.15, 0.2) is 5.11 Å². The van der Waals surface area contributed by atoms with Gasteiger partial charge in [-0.1, -0.05) is 29.8 Å². The highest BCUT2D eigenvalue weighted by Gasteiger charge is 1.99. The van der Waals surface area contributed by atoms with Gasteiger partial charge in [0, 0.05) is 17.3 Å². The van der Waals surface area contributed by atoms with Gasteiger partial charge in [-0.15, -0.1) is 0 Å². The van der Waals surface area contributed by atoms with Gasteiger partial charge in [0.2, 0.25) is 0 Å². The summed E-state index contributed by atoms with van der Waals surface area (Å²) in [7, 11) is 0. The van der Waals surface area contributed by atoms with Crippen LogP contribution in [0.25, 0.3) is 0 Å². The highest BCUT2D eigenvalue weighted by molar-refractivity contribution is 7.80. The summed E-state index contributed by atoms with van der Waals surface area (Å²) in [5.41, 5.74) is 1.79. The van der Waals surface area contributed by atoms with Crippen LogP contribution in [0, 0.1) is 0 Å². The second-order valence-electron chi connectivity index (χ2n) is 3.99. The van der Waals surface area contributed by atoms with E-state index in [9.17, 15) is 5.11 Å². The molecule has 2 aromatic rings. The van der Waals surface area contributed by atoms with Gasteiger partial charge in [-0.05, 0) is 48.1 Å². The molecule has 0 fully saturated rings. The number of halogens is 1. The largest absolute Gasteiger partial charge is 0.508 e. The minimum atomic E-state index is 0.244. The van der Waals surface area contributed by atoms with Gasteiger partial charge in [-0.25, -0.2) is 0 Å². The summed E-state index contributed by atoms with van der Waals surface area (Å²) in [4.78, 5) is 0. The van der Waals surface area contributed by atoms with Crippen LogP contribution in [0.1, 0.15) is 5.56 Å². The van der Waals surface area contributed by atoms with Crippen molar-refractivity contribution in [3.8, 4) is 5.75 Å². The van der Waals surface area contributed by atoms with E-state index in [0.29, 0.717) is 16.7 Å². The van der Waals surface area contributed by atoms with Gasteiger partial charge in [-0.3, -0.25) is 0 Å². The number of rotatable bonds is 3. The van der Waals surface area contributed by atoms with E-state index in [1.807, 2.05) is 18.2 Å². The molecule has 2 aromatic carbocycles. The first-order chi connectivity index (χ1) is 9.13. The predicted molar refractivity (Wildman–Crippen MR) is 82.6 cm³/mol. The number of thiocarbonyl (C=S) groups is 1. The van der Waals surface area contributed by atoms with E-state index < -0.39 is 0 Å². The number of nitrogens with one attached hydrogen (secondary N) is 2. The molecule has 0 aliphatic carbocycles. The first-order valence-corrected chi connectivity index (χ1v) is 6.50. The zero-order valence-corrected chi connectivity index (χ0v) is 11.6. The molecule has 0 heterocycles.